The minimum Gasteiger partial charge on any atom is -0.477 e. The van der Waals surface area contributed by atoms with Gasteiger partial charge in [0.1, 0.15) is 0 Å². The molecule has 0 aliphatic heterocycles. The summed E-state index contributed by atoms with van der Waals surface area (Å²) in [4.78, 5) is 14.7. The van der Waals surface area contributed by atoms with Crippen molar-refractivity contribution in [1.29, 1.82) is 0 Å². The summed E-state index contributed by atoms with van der Waals surface area (Å²) < 4.78 is 0. The first kappa shape index (κ1) is 12.2. The number of carbonyl (C=O) groups is 1. The number of hydrogen-bond donors (Lipinski definition) is 3. The fourth-order valence-corrected chi connectivity index (χ4v) is 1.56. The highest BCUT2D eigenvalue weighted by Crippen LogP contribution is 2.26. The molecule has 0 radical (unpaired) electrons. The molecule has 1 aromatic carbocycles. The molecule has 5 nitrogen and oxygen atoms in total. The molecule has 1 heterocycles. The van der Waals surface area contributed by atoms with Crippen LogP contribution < -0.4 is 11.1 Å². The number of aromatic nitrogens is 1. The molecule has 6 heteroatoms. The number of para-hydroxylation sites is 1. The Balaban J connectivity index is 2.37. The number of nitrogen functional groups attached to an aromatic ring is 1. The fourth-order valence-electron chi connectivity index (χ4n) is 1.38. The molecule has 1 aromatic heterocycles. The van der Waals surface area contributed by atoms with E-state index in [1.54, 1.807) is 24.3 Å². The fraction of sp³-hybridized carbons (Fsp3) is 0. The number of carboxylic acid groups (broad SMARTS) is 1. The van der Waals surface area contributed by atoms with Crippen LogP contribution in [0.1, 0.15) is 10.5 Å². The van der Waals surface area contributed by atoms with E-state index < -0.39 is 5.97 Å². The number of anilines is 3. The molecule has 0 atom stereocenters. The van der Waals surface area contributed by atoms with Crippen LogP contribution in [-0.2, 0) is 0 Å². The predicted molar refractivity (Wildman–Crippen MR) is 70.3 cm³/mol. The zero-order valence-corrected chi connectivity index (χ0v) is 9.98. The lowest BCUT2D eigenvalue weighted by atomic mass is 10.3. The molecule has 0 saturated heterocycles. The summed E-state index contributed by atoms with van der Waals surface area (Å²) in [6.07, 6.45) is 0. The van der Waals surface area contributed by atoms with E-state index in [2.05, 4.69) is 10.3 Å². The number of aromatic carboxylic acids is 1. The number of rotatable bonds is 3. The number of nitrogens with one attached hydrogen (secondary N) is 1. The summed E-state index contributed by atoms with van der Waals surface area (Å²) in [6, 6.07) is 9.87. The van der Waals surface area contributed by atoms with Crippen LogP contribution in [0.25, 0.3) is 0 Å². The topological polar surface area (TPSA) is 88.2 Å². The van der Waals surface area contributed by atoms with Crippen molar-refractivity contribution in [3.63, 3.8) is 0 Å². The molecule has 2 aromatic rings. The van der Waals surface area contributed by atoms with Crippen molar-refractivity contribution >= 4 is 34.8 Å². The summed E-state index contributed by atoms with van der Waals surface area (Å²) >= 11 is 5.98. The van der Waals surface area contributed by atoms with Crippen molar-refractivity contribution in [3.05, 3.63) is 47.1 Å². The number of pyridine rings is 1. The van der Waals surface area contributed by atoms with Gasteiger partial charge < -0.3 is 16.2 Å². The number of nitrogens with two attached hydrogens (primary N) is 1. The van der Waals surface area contributed by atoms with Gasteiger partial charge in [-0.2, -0.15) is 0 Å². The van der Waals surface area contributed by atoms with Gasteiger partial charge in [0.2, 0.25) is 0 Å². The van der Waals surface area contributed by atoms with Crippen molar-refractivity contribution < 1.29 is 9.90 Å². The van der Waals surface area contributed by atoms with Crippen molar-refractivity contribution in [1.82, 2.24) is 4.98 Å². The van der Waals surface area contributed by atoms with Gasteiger partial charge in [0, 0.05) is 0 Å². The zero-order valence-electron chi connectivity index (χ0n) is 9.22. The Kier molecular flexibility index (Phi) is 3.34. The van der Waals surface area contributed by atoms with Gasteiger partial charge in [0.15, 0.2) is 11.5 Å². The normalized spacial score (nSPS) is 10.1. The molecule has 0 spiro atoms. The highest BCUT2D eigenvalue weighted by molar-refractivity contribution is 6.33. The lowest BCUT2D eigenvalue weighted by molar-refractivity contribution is 0.0690. The quantitative estimate of drug-likeness (QED) is 0.792. The highest BCUT2D eigenvalue weighted by Gasteiger charge is 2.09. The first-order valence-electron chi connectivity index (χ1n) is 5.09. The molecule has 0 aliphatic carbocycles. The number of hydrogen-bond acceptors (Lipinski definition) is 4. The minimum absolute atomic E-state index is 0.0845. The van der Waals surface area contributed by atoms with Crippen molar-refractivity contribution in [3.8, 4) is 0 Å². The van der Waals surface area contributed by atoms with Gasteiger partial charge in [-0.1, -0.05) is 23.7 Å². The van der Waals surface area contributed by atoms with E-state index in [1.165, 1.54) is 12.1 Å². The van der Waals surface area contributed by atoms with Gasteiger partial charge in [0.05, 0.1) is 16.4 Å². The SMILES string of the molecule is Nc1ccc(C(=O)O)nc1Nc1ccccc1Cl. The Morgan fingerprint density at radius 2 is 2.00 bits per heavy atom. The molecule has 0 bridgehead atoms. The van der Waals surface area contributed by atoms with Crippen molar-refractivity contribution in [2.45, 2.75) is 0 Å². The molecule has 0 unspecified atom stereocenters. The summed E-state index contributed by atoms with van der Waals surface area (Å²) in [6.45, 7) is 0. The van der Waals surface area contributed by atoms with Gasteiger partial charge >= 0.3 is 5.97 Å². The average molecular weight is 264 g/mol. The van der Waals surface area contributed by atoms with Gasteiger partial charge in [-0.05, 0) is 24.3 Å². The lowest BCUT2D eigenvalue weighted by Crippen LogP contribution is -2.05. The van der Waals surface area contributed by atoms with E-state index in [4.69, 9.17) is 22.4 Å². The summed E-state index contributed by atoms with van der Waals surface area (Å²) in [5.41, 5.74) is 6.60. The predicted octanol–water partition coefficient (Wildman–Crippen LogP) is 2.76. The third-order valence-electron chi connectivity index (χ3n) is 2.27. The Hall–Kier alpha value is -2.27. The molecule has 0 aliphatic rings. The monoisotopic (exact) mass is 263 g/mol. The lowest BCUT2D eigenvalue weighted by Gasteiger charge is -2.10. The molecule has 0 amide bonds. The average Bonchev–Trinajstić information content (AvgIpc) is 2.34. The molecule has 4 N–H and O–H groups in total. The van der Waals surface area contributed by atoms with Crippen LogP contribution in [0.15, 0.2) is 36.4 Å². The Morgan fingerprint density at radius 1 is 1.28 bits per heavy atom. The van der Waals surface area contributed by atoms with E-state index in [1.807, 2.05) is 0 Å². The summed E-state index contributed by atoms with van der Waals surface area (Å²) in [7, 11) is 0. The maximum absolute atomic E-state index is 10.8. The third-order valence-corrected chi connectivity index (χ3v) is 2.60. The molecule has 18 heavy (non-hydrogen) atoms. The van der Waals surface area contributed by atoms with E-state index in [-0.39, 0.29) is 11.5 Å². The number of carboxylic acids is 1. The first-order valence-corrected chi connectivity index (χ1v) is 5.47. The zero-order chi connectivity index (χ0) is 13.1. The van der Waals surface area contributed by atoms with Gasteiger partial charge in [-0.3, -0.25) is 0 Å². The van der Waals surface area contributed by atoms with Crippen molar-refractivity contribution in [2.24, 2.45) is 0 Å². The third kappa shape index (κ3) is 2.52. The number of benzene rings is 1. The van der Waals surface area contributed by atoms with E-state index in [9.17, 15) is 4.79 Å². The minimum atomic E-state index is -1.11. The van der Waals surface area contributed by atoms with Gasteiger partial charge in [0.25, 0.3) is 0 Å². The van der Waals surface area contributed by atoms with Crippen LogP contribution >= 0.6 is 11.6 Å². The first-order chi connectivity index (χ1) is 8.58. The second-order valence-corrected chi connectivity index (χ2v) is 3.95. The van der Waals surface area contributed by atoms with E-state index in [0.29, 0.717) is 16.4 Å². The summed E-state index contributed by atoms with van der Waals surface area (Å²) in [5.74, 6) is -0.847. The molecular weight excluding hydrogens is 254 g/mol. The van der Waals surface area contributed by atoms with Crippen LogP contribution in [0.3, 0.4) is 0 Å². The standard InChI is InChI=1S/C12H10ClN3O2/c13-7-3-1-2-4-9(7)15-11-8(14)5-6-10(16-11)12(17)18/h1-6H,14H2,(H,15,16)(H,17,18). The molecule has 92 valence electrons. The second kappa shape index (κ2) is 4.93. The molecule has 0 fully saturated rings. The number of nitrogens with zero attached hydrogens (tertiary/aromatic N) is 1. The van der Waals surface area contributed by atoms with Gasteiger partial charge in [-0.15, -0.1) is 0 Å². The maximum atomic E-state index is 10.8. The van der Waals surface area contributed by atoms with Crippen LogP contribution in [0, 0.1) is 0 Å². The summed E-state index contributed by atoms with van der Waals surface area (Å²) in [5, 5.41) is 12.3. The van der Waals surface area contributed by atoms with Gasteiger partial charge in [-0.25, -0.2) is 9.78 Å². The number of halogens is 1. The van der Waals surface area contributed by atoms with Crippen LogP contribution in [0.4, 0.5) is 17.2 Å². The van der Waals surface area contributed by atoms with Crippen LogP contribution in [0.2, 0.25) is 5.02 Å². The van der Waals surface area contributed by atoms with Crippen LogP contribution in [-0.4, -0.2) is 16.1 Å². The Labute approximate surface area is 108 Å². The Bertz CT molecular complexity index is 602. The van der Waals surface area contributed by atoms with Crippen LogP contribution in [0.5, 0.6) is 0 Å². The largest absolute Gasteiger partial charge is 0.477 e. The van der Waals surface area contributed by atoms with E-state index >= 15 is 0 Å². The molecule has 2 rings (SSSR count). The molecular formula is C12H10ClN3O2. The Morgan fingerprint density at radius 3 is 2.67 bits per heavy atom. The van der Waals surface area contributed by atoms with E-state index in [0.717, 1.165) is 0 Å². The smallest absolute Gasteiger partial charge is 0.354 e. The van der Waals surface area contributed by atoms with Crippen molar-refractivity contribution in [2.75, 3.05) is 11.1 Å². The second-order valence-electron chi connectivity index (χ2n) is 3.54. The highest BCUT2D eigenvalue weighted by atomic mass is 35.5. The maximum Gasteiger partial charge on any atom is 0.354 e. The molecule has 0 saturated carbocycles.